The van der Waals surface area contributed by atoms with E-state index in [0.717, 1.165) is 59.9 Å². The molecule has 3 aromatic carbocycles. The molecular weight excluding hydrogens is 441 g/mol. The first-order chi connectivity index (χ1) is 17.2. The predicted molar refractivity (Wildman–Crippen MR) is 134 cm³/mol. The molecule has 0 N–H and O–H groups in total. The van der Waals surface area contributed by atoms with Gasteiger partial charge in [0.25, 0.3) is 0 Å². The number of nitrogens with zero attached hydrogens (tertiary/aromatic N) is 3. The van der Waals surface area contributed by atoms with Gasteiger partial charge in [-0.2, -0.15) is 0 Å². The van der Waals surface area contributed by atoms with Crippen molar-refractivity contribution < 1.29 is 13.9 Å². The van der Waals surface area contributed by atoms with Crippen molar-refractivity contribution in [1.29, 1.82) is 0 Å². The van der Waals surface area contributed by atoms with Gasteiger partial charge in [0, 0.05) is 31.7 Å². The van der Waals surface area contributed by atoms with Crippen molar-refractivity contribution in [3.05, 3.63) is 102 Å². The van der Waals surface area contributed by atoms with Crippen LogP contribution >= 0.6 is 0 Å². The molecule has 5 rings (SSSR count). The lowest BCUT2D eigenvalue weighted by Crippen LogP contribution is -2.24. The van der Waals surface area contributed by atoms with Crippen LogP contribution < -0.4 is 9.47 Å². The van der Waals surface area contributed by atoms with Crippen molar-refractivity contribution in [2.45, 2.75) is 45.9 Å². The summed E-state index contributed by atoms with van der Waals surface area (Å²) in [7, 11) is 0. The van der Waals surface area contributed by atoms with E-state index in [0.29, 0.717) is 13.1 Å². The molecule has 0 fully saturated rings. The Morgan fingerprint density at radius 3 is 2.43 bits per heavy atom. The van der Waals surface area contributed by atoms with Crippen molar-refractivity contribution in [2.75, 3.05) is 6.79 Å². The third-order valence-corrected chi connectivity index (χ3v) is 6.25. The quantitative estimate of drug-likeness (QED) is 0.268. The van der Waals surface area contributed by atoms with Crippen LogP contribution in [0.1, 0.15) is 36.6 Å². The molecule has 2 heterocycles. The van der Waals surface area contributed by atoms with Crippen LogP contribution in [0.25, 0.3) is 11.4 Å². The first kappa shape index (κ1) is 23.1. The van der Waals surface area contributed by atoms with E-state index in [2.05, 4.69) is 34.6 Å². The van der Waals surface area contributed by atoms with E-state index in [1.54, 1.807) is 0 Å². The maximum atomic E-state index is 13.5. The molecule has 0 radical (unpaired) electrons. The minimum atomic E-state index is -0.221. The van der Waals surface area contributed by atoms with Crippen LogP contribution in [-0.2, 0) is 26.2 Å². The Morgan fingerprint density at radius 2 is 1.63 bits per heavy atom. The van der Waals surface area contributed by atoms with Gasteiger partial charge in [0.15, 0.2) is 11.5 Å². The largest absolute Gasteiger partial charge is 0.454 e. The minimum Gasteiger partial charge on any atom is -0.454 e. The van der Waals surface area contributed by atoms with E-state index in [4.69, 9.17) is 14.5 Å². The van der Waals surface area contributed by atoms with Crippen LogP contribution in [0.15, 0.2) is 79.0 Å². The molecule has 0 amide bonds. The molecule has 6 heteroatoms. The van der Waals surface area contributed by atoms with Crippen LogP contribution in [0, 0.1) is 5.82 Å². The fourth-order valence-electron chi connectivity index (χ4n) is 4.46. The smallest absolute Gasteiger partial charge is 0.231 e. The number of rotatable bonds is 10. The number of hydrogen-bond donors (Lipinski definition) is 0. The highest BCUT2D eigenvalue weighted by Gasteiger charge is 2.18. The van der Waals surface area contributed by atoms with E-state index in [1.807, 2.05) is 48.7 Å². The monoisotopic (exact) mass is 471 g/mol. The molecule has 5 nitrogen and oxygen atoms in total. The zero-order valence-corrected chi connectivity index (χ0v) is 20.0. The normalized spacial score (nSPS) is 12.4. The Bertz CT molecular complexity index is 1250. The number of halogens is 1. The van der Waals surface area contributed by atoms with Gasteiger partial charge in [-0.15, -0.1) is 0 Å². The molecule has 1 aliphatic rings. The van der Waals surface area contributed by atoms with Gasteiger partial charge in [-0.05, 0) is 41.8 Å². The molecule has 0 bridgehead atoms. The van der Waals surface area contributed by atoms with Gasteiger partial charge in [-0.1, -0.05) is 61.9 Å². The molecule has 35 heavy (non-hydrogen) atoms. The lowest BCUT2D eigenvalue weighted by atomic mass is 10.1. The number of hydrogen-bond acceptors (Lipinski definition) is 4. The highest BCUT2D eigenvalue weighted by Crippen LogP contribution is 2.33. The summed E-state index contributed by atoms with van der Waals surface area (Å²) in [6, 6.07) is 23.2. The van der Waals surface area contributed by atoms with Gasteiger partial charge in [0.2, 0.25) is 6.79 Å². The number of fused-ring (bicyclic) bond motifs is 1. The number of ether oxygens (including phenoxy) is 2. The van der Waals surface area contributed by atoms with Crippen LogP contribution in [0.5, 0.6) is 11.5 Å². The summed E-state index contributed by atoms with van der Waals surface area (Å²) in [5.41, 5.74) is 4.49. The lowest BCUT2D eigenvalue weighted by molar-refractivity contribution is 0.174. The summed E-state index contributed by atoms with van der Waals surface area (Å²) in [6.45, 7) is 5.51. The van der Waals surface area contributed by atoms with Gasteiger partial charge >= 0.3 is 0 Å². The Morgan fingerprint density at radius 1 is 0.886 bits per heavy atom. The average Bonchev–Trinajstić information content (AvgIpc) is 3.51. The Balaban J connectivity index is 1.44. The van der Waals surface area contributed by atoms with Crippen molar-refractivity contribution in [3.8, 4) is 22.9 Å². The minimum absolute atomic E-state index is 0.221. The summed E-state index contributed by atoms with van der Waals surface area (Å²) in [6.07, 6.45) is 4.20. The third kappa shape index (κ3) is 5.54. The summed E-state index contributed by atoms with van der Waals surface area (Å²) in [4.78, 5) is 7.18. The van der Waals surface area contributed by atoms with Gasteiger partial charge < -0.3 is 14.0 Å². The summed E-state index contributed by atoms with van der Waals surface area (Å²) < 4.78 is 26.9. The van der Waals surface area contributed by atoms with E-state index in [9.17, 15) is 4.39 Å². The van der Waals surface area contributed by atoms with Crippen LogP contribution in [0.3, 0.4) is 0 Å². The standard InChI is InChI=1S/C29H30FN3O2/c1-2-3-15-33-26(17-31-29(33)24-7-5-4-6-8-24)20-32(18-22-9-12-25(30)13-10-22)19-23-11-14-27-28(16-23)35-21-34-27/h4-14,16-17H,2-3,15,18-21H2,1H3. The maximum Gasteiger partial charge on any atom is 0.231 e. The van der Waals surface area contributed by atoms with Crippen molar-refractivity contribution in [3.63, 3.8) is 0 Å². The SMILES string of the molecule is CCCCn1c(CN(Cc2ccc(F)cc2)Cc2ccc3c(c2)OCO3)cnc1-c1ccccc1. The number of unbranched alkanes of at least 4 members (excludes halogenated alkanes) is 1. The van der Waals surface area contributed by atoms with Crippen molar-refractivity contribution in [1.82, 2.24) is 14.5 Å². The molecule has 0 spiro atoms. The molecular formula is C29H30FN3O2. The van der Waals surface area contributed by atoms with E-state index in [-0.39, 0.29) is 12.6 Å². The average molecular weight is 472 g/mol. The molecule has 180 valence electrons. The first-order valence-electron chi connectivity index (χ1n) is 12.1. The van der Waals surface area contributed by atoms with Gasteiger partial charge in [0.05, 0.1) is 11.9 Å². The second-order valence-corrected chi connectivity index (χ2v) is 8.90. The Hall–Kier alpha value is -3.64. The maximum absolute atomic E-state index is 13.5. The van der Waals surface area contributed by atoms with Gasteiger partial charge in [-0.25, -0.2) is 9.37 Å². The zero-order valence-electron chi connectivity index (χ0n) is 20.0. The van der Waals surface area contributed by atoms with Crippen LogP contribution in [-0.4, -0.2) is 21.2 Å². The molecule has 0 saturated carbocycles. The number of benzene rings is 3. The van der Waals surface area contributed by atoms with Crippen LogP contribution in [0.2, 0.25) is 0 Å². The summed E-state index contributed by atoms with van der Waals surface area (Å²) in [5, 5.41) is 0. The van der Waals surface area contributed by atoms with Gasteiger partial charge in [-0.3, -0.25) is 4.90 Å². The lowest BCUT2D eigenvalue weighted by Gasteiger charge is -2.24. The van der Waals surface area contributed by atoms with Crippen molar-refractivity contribution in [2.24, 2.45) is 0 Å². The van der Waals surface area contributed by atoms with Crippen LogP contribution in [0.4, 0.5) is 4.39 Å². The second-order valence-electron chi connectivity index (χ2n) is 8.90. The van der Waals surface area contributed by atoms with E-state index in [1.165, 1.54) is 17.8 Å². The summed E-state index contributed by atoms with van der Waals surface area (Å²) in [5.74, 6) is 2.34. The predicted octanol–water partition coefficient (Wildman–Crippen LogP) is 6.42. The fraction of sp³-hybridized carbons (Fsp3) is 0.276. The molecule has 0 atom stereocenters. The molecule has 0 saturated heterocycles. The topological polar surface area (TPSA) is 39.5 Å². The molecule has 0 unspecified atom stereocenters. The molecule has 1 aromatic heterocycles. The number of aromatic nitrogens is 2. The van der Waals surface area contributed by atoms with Crippen molar-refractivity contribution >= 4 is 0 Å². The Kier molecular flexibility index (Phi) is 7.09. The Labute approximate surface area is 205 Å². The van der Waals surface area contributed by atoms with E-state index < -0.39 is 0 Å². The fourth-order valence-corrected chi connectivity index (χ4v) is 4.46. The zero-order chi connectivity index (χ0) is 24.0. The highest BCUT2D eigenvalue weighted by molar-refractivity contribution is 5.56. The van der Waals surface area contributed by atoms with E-state index >= 15 is 0 Å². The highest BCUT2D eigenvalue weighted by atomic mass is 19.1. The molecule has 4 aromatic rings. The second kappa shape index (κ2) is 10.7. The molecule has 1 aliphatic heterocycles. The number of imidazole rings is 1. The first-order valence-corrected chi connectivity index (χ1v) is 12.1. The molecule has 0 aliphatic carbocycles. The van der Waals surface area contributed by atoms with Gasteiger partial charge in [0.1, 0.15) is 11.6 Å². The third-order valence-electron chi connectivity index (χ3n) is 6.25. The summed E-state index contributed by atoms with van der Waals surface area (Å²) >= 11 is 0.